The molecule has 2 aromatic carbocycles. The number of nitro groups is 1. The lowest BCUT2D eigenvalue weighted by molar-refractivity contribution is -0.384. The van der Waals surface area contributed by atoms with Crippen molar-refractivity contribution in [3.8, 4) is 11.5 Å². The van der Waals surface area contributed by atoms with E-state index in [1.807, 2.05) is 6.92 Å². The monoisotopic (exact) mass is 411 g/mol. The Balaban J connectivity index is 2.02. The predicted octanol–water partition coefficient (Wildman–Crippen LogP) is 4.10. The molecule has 1 aliphatic heterocycles. The minimum atomic E-state index is -0.581. The second kappa shape index (κ2) is 8.19. The van der Waals surface area contributed by atoms with E-state index in [2.05, 4.69) is 11.6 Å². The number of thioether (sulfide) groups is 1. The summed E-state index contributed by atoms with van der Waals surface area (Å²) in [5.41, 5.74) is 1.12. The number of aromatic hydroxyl groups is 2. The van der Waals surface area contributed by atoms with Gasteiger partial charge < -0.3 is 10.2 Å². The molecule has 0 saturated carbocycles. The Morgan fingerprint density at radius 1 is 1.24 bits per heavy atom. The second-order valence-electron chi connectivity index (χ2n) is 6.20. The number of aryl methyl sites for hydroxylation is 1. The van der Waals surface area contributed by atoms with Gasteiger partial charge in [-0.15, -0.1) is 6.58 Å². The molecule has 0 spiro atoms. The van der Waals surface area contributed by atoms with Crippen LogP contribution in [0.1, 0.15) is 11.1 Å². The molecule has 0 aliphatic carbocycles. The Morgan fingerprint density at radius 2 is 2.00 bits per heavy atom. The Kier molecular flexibility index (Phi) is 5.69. The van der Waals surface area contributed by atoms with Crippen molar-refractivity contribution in [1.82, 2.24) is 4.90 Å². The van der Waals surface area contributed by atoms with E-state index in [9.17, 15) is 25.1 Å². The number of nitrogens with zero attached hydrogens (tertiary/aromatic N) is 3. The summed E-state index contributed by atoms with van der Waals surface area (Å²) in [6.07, 6.45) is 2.92. The van der Waals surface area contributed by atoms with Gasteiger partial charge in [-0.05, 0) is 48.5 Å². The Labute approximate surface area is 170 Å². The first-order chi connectivity index (χ1) is 13.8. The van der Waals surface area contributed by atoms with Gasteiger partial charge in [-0.25, -0.2) is 4.99 Å². The zero-order valence-corrected chi connectivity index (χ0v) is 16.2. The third-order valence-corrected chi connectivity index (χ3v) is 5.06. The van der Waals surface area contributed by atoms with Gasteiger partial charge in [0.2, 0.25) is 0 Å². The summed E-state index contributed by atoms with van der Waals surface area (Å²) >= 11 is 1.04. The quantitative estimate of drug-likeness (QED) is 0.331. The molecule has 2 N–H and O–H groups in total. The number of non-ortho nitro benzene ring substituents is 1. The normalized spacial score (nSPS) is 16.6. The second-order valence-corrected chi connectivity index (χ2v) is 7.21. The number of aliphatic imine (C=N–C) groups is 1. The van der Waals surface area contributed by atoms with E-state index in [0.717, 1.165) is 17.3 Å². The number of rotatable bonds is 5. The minimum Gasteiger partial charge on any atom is -0.507 e. The maximum Gasteiger partial charge on any atom is 0.270 e. The van der Waals surface area contributed by atoms with E-state index in [0.29, 0.717) is 10.9 Å². The molecule has 8 nitrogen and oxygen atoms in total. The largest absolute Gasteiger partial charge is 0.507 e. The molecule has 1 aliphatic rings. The first-order valence-corrected chi connectivity index (χ1v) is 9.30. The lowest BCUT2D eigenvalue weighted by Crippen LogP contribution is -2.29. The summed E-state index contributed by atoms with van der Waals surface area (Å²) in [5.74, 6) is -0.586. The first-order valence-electron chi connectivity index (χ1n) is 8.48. The molecule has 0 aromatic heterocycles. The van der Waals surface area contributed by atoms with Crippen molar-refractivity contribution in [3.63, 3.8) is 0 Å². The van der Waals surface area contributed by atoms with Gasteiger partial charge >= 0.3 is 0 Å². The molecular weight excluding hydrogens is 394 g/mol. The number of hydrogen-bond donors (Lipinski definition) is 2. The van der Waals surface area contributed by atoms with Crippen LogP contribution in [0.25, 0.3) is 6.08 Å². The zero-order chi connectivity index (χ0) is 21.1. The average molecular weight is 411 g/mol. The fourth-order valence-corrected chi connectivity index (χ4v) is 3.62. The summed E-state index contributed by atoms with van der Waals surface area (Å²) in [4.78, 5) is 29.2. The molecule has 3 rings (SSSR count). The summed E-state index contributed by atoms with van der Waals surface area (Å²) < 4.78 is 0. The molecule has 9 heteroatoms. The van der Waals surface area contributed by atoms with Crippen LogP contribution in [0.15, 0.2) is 59.0 Å². The van der Waals surface area contributed by atoms with E-state index in [4.69, 9.17) is 0 Å². The number of hydrogen-bond acceptors (Lipinski definition) is 7. The van der Waals surface area contributed by atoms with Crippen molar-refractivity contribution in [2.45, 2.75) is 6.92 Å². The van der Waals surface area contributed by atoms with E-state index >= 15 is 0 Å². The van der Waals surface area contributed by atoms with Gasteiger partial charge in [-0.2, -0.15) is 0 Å². The summed E-state index contributed by atoms with van der Waals surface area (Å²) in [5, 5.41) is 31.4. The Bertz CT molecular complexity index is 1080. The third-order valence-electron chi connectivity index (χ3n) is 4.06. The Morgan fingerprint density at radius 3 is 2.66 bits per heavy atom. The molecule has 148 valence electrons. The van der Waals surface area contributed by atoms with Crippen LogP contribution in [-0.4, -0.2) is 37.7 Å². The van der Waals surface area contributed by atoms with Crippen molar-refractivity contribution in [1.29, 1.82) is 0 Å². The summed E-state index contributed by atoms with van der Waals surface area (Å²) in [7, 11) is 0. The Hall–Kier alpha value is -3.59. The highest BCUT2D eigenvalue weighted by Gasteiger charge is 2.33. The number of benzene rings is 2. The van der Waals surface area contributed by atoms with Crippen molar-refractivity contribution < 1.29 is 19.9 Å². The third kappa shape index (κ3) is 4.30. The predicted molar refractivity (Wildman–Crippen MR) is 112 cm³/mol. The number of nitro benzene ring substituents is 1. The summed E-state index contributed by atoms with van der Waals surface area (Å²) in [6, 6.07) is 8.57. The smallest absolute Gasteiger partial charge is 0.270 e. The maximum absolute atomic E-state index is 12.8. The number of amides is 1. The topological polar surface area (TPSA) is 116 Å². The molecule has 0 unspecified atom stereocenters. The van der Waals surface area contributed by atoms with E-state index in [1.54, 1.807) is 18.2 Å². The fraction of sp³-hybridized carbons (Fsp3) is 0.100. The van der Waals surface area contributed by atoms with Crippen molar-refractivity contribution >= 4 is 40.3 Å². The average Bonchev–Trinajstić information content (AvgIpc) is 2.95. The summed E-state index contributed by atoms with van der Waals surface area (Å²) in [6.45, 7) is 5.67. The SMILES string of the molecule is C=CCN1C(=O)/C(=C/c2cc([N+](=O)[O-])ccc2O)SC1=Nc1ccc(C)cc1O. The number of amidine groups is 1. The molecule has 2 aromatic rings. The zero-order valence-electron chi connectivity index (χ0n) is 15.4. The van der Waals surface area contributed by atoms with Gasteiger partial charge in [0.15, 0.2) is 5.17 Å². The van der Waals surface area contributed by atoms with Crippen LogP contribution in [0.3, 0.4) is 0 Å². The molecule has 1 amide bonds. The van der Waals surface area contributed by atoms with Gasteiger partial charge in [-0.3, -0.25) is 19.8 Å². The number of phenolic OH excluding ortho intramolecular Hbond substituents is 2. The lowest BCUT2D eigenvalue weighted by Gasteiger charge is -2.13. The van der Waals surface area contributed by atoms with Crippen LogP contribution in [0.5, 0.6) is 11.5 Å². The van der Waals surface area contributed by atoms with Crippen LogP contribution in [-0.2, 0) is 4.79 Å². The number of carbonyl (C=O) groups is 1. The van der Waals surface area contributed by atoms with Gasteiger partial charge in [0.25, 0.3) is 11.6 Å². The molecule has 0 radical (unpaired) electrons. The van der Waals surface area contributed by atoms with Crippen LogP contribution in [0.2, 0.25) is 0 Å². The van der Waals surface area contributed by atoms with E-state index < -0.39 is 4.92 Å². The van der Waals surface area contributed by atoms with E-state index in [1.165, 1.54) is 35.3 Å². The highest BCUT2D eigenvalue weighted by Crippen LogP contribution is 2.37. The van der Waals surface area contributed by atoms with Crippen LogP contribution >= 0.6 is 11.8 Å². The molecule has 1 heterocycles. The van der Waals surface area contributed by atoms with Gasteiger partial charge in [0.05, 0.1) is 9.83 Å². The minimum absolute atomic E-state index is 0.0159. The number of carbonyl (C=O) groups excluding carboxylic acids is 1. The molecule has 1 fully saturated rings. The number of phenols is 2. The standard InChI is InChI=1S/C20H17N3O5S/c1-3-8-22-19(26)18(11-13-10-14(23(27)28)5-7-16(13)24)29-20(22)21-15-6-4-12(2)9-17(15)25/h3-7,9-11,24-25H,1,8H2,2H3/b18-11-,21-20?. The molecule has 1 saturated heterocycles. The van der Waals surface area contributed by atoms with E-state index in [-0.39, 0.29) is 40.1 Å². The van der Waals surface area contributed by atoms with Gasteiger partial charge in [0, 0.05) is 24.2 Å². The van der Waals surface area contributed by atoms with Crippen LogP contribution < -0.4 is 0 Å². The molecular formula is C20H17N3O5S. The first kappa shape index (κ1) is 20.2. The lowest BCUT2D eigenvalue weighted by atomic mass is 10.1. The molecule has 0 bridgehead atoms. The highest BCUT2D eigenvalue weighted by atomic mass is 32.2. The van der Waals surface area contributed by atoms with Gasteiger partial charge in [0.1, 0.15) is 17.2 Å². The van der Waals surface area contributed by atoms with Crippen LogP contribution in [0, 0.1) is 17.0 Å². The van der Waals surface area contributed by atoms with Crippen LogP contribution in [0.4, 0.5) is 11.4 Å². The highest BCUT2D eigenvalue weighted by molar-refractivity contribution is 8.18. The van der Waals surface area contributed by atoms with Crippen molar-refractivity contribution in [2.75, 3.05) is 6.54 Å². The maximum atomic E-state index is 12.8. The van der Waals surface area contributed by atoms with Crippen molar-refractivity contribution in [2.24, 2.45) is 4.99 Å². The van der Waals surface area contributed by atoms with Crippen molar-refractivity contribution in [3.05, 3.63) is 75.2 Å². The fourth-order valence-electron chi connectivity index (χ4n) is 2.62. The molecule has 29 heavy (non-hydrogen) atoms. The molecule has 0 atom stereocenters. The van der Waals surface area contributed by atoms with Gasteiger partial charge in [-0.1, -0.05) is 12.1 Å².